The molecule has 0 aliphatic carbocycles. The molecule has 0 unspecified atom stereocenters. The lowest BCUT2D eigenvalue weighted by atomic mass is 10.8. The lowest BCUT2D eigenvalue weighted by molar-refractivity contribution is 0.263. The smallest absolute Gasteiger partial charge is 0.257 e. The van der Waals surface area contributed by atoms with Crippen molar-refractivity contribution in [3.8, 4) is 0 Å². The molecule has 4 nitrogen and oxygen atoms in total. The third-order valence-corrected chi connectivity index (χ3v) is 0.431. The fraction of sp³-hybridized carbons (Fsp3) is 0.500. The first kappa shape index (κ1) is 6.94. The number of rotatable bonds is 1. The molecule has 0 aliphatic heterocycles. The van der Waals surface area contributed by atoms with Gasteiger partial charge < -0.3 is 10.0 Å². The van der Waals surface area contributed by atoms with Gasteiger partial charge in [0.2, 0.25) is 0 Å². The Morgan fingerprint density at radius 2 is 2.38 bits per heavy atom. The summed E-state index contributed by atoms with van der Waals surface area (Å²) in [5.74, 6) is 0.128. The van der Waals surface area contributed by atoms with Gasteiger partial charge in [0.1, 0.15) is 0 Å². The molecule has 1 N–H and O–H groups in total. The van der Waals surface area contributed by atoms with E-state index in [1.807, 2.05) is 0 Å². The first-order chi connectivity index (χ1) is 3.81. The zero-order chi connectivity index (χ0) is 6.41. The Balaban J connectivity index is 3.40. The molecule has 0 saturated carbocycles. The van der Waals surface area contributed by atoms with Gasteiger partial charge in [-0.15, -0.1) is 0 Å². The van der Waals surface area contributed by atoms with Gasteiger partial charge in [-0.3, -0.25) is 0 Å². The normalized spacial score (nSPS) is 12.5. The van der Waals surface area contributed by atoms with Gasteiger partial charge in [-0.25, -0.2) is 0 Å². The van der Waals surface area contributed by atoms with Gasteiger partial charge >= 0.3 is 0 Å². The lowest BCUT2D eigenvalue weighted by Crippen LogP contribution is -1.91. The van der Waals surface area contributed by atoms with Gasteiger partial charge in [0.05, 0.1) is 0 Å². The second kappa shape index (κ2) is 4.11. The maximum absolute atomic E-state index is 7.95. The molecule has 0 spiro atoms. The van der Waals surface area contributed by atoms with Gasteiger partial charge in [0, 0.05) is 13.1 Å². The van der Waals surface area contributed by atoms with E-state index in [1.165, 1.54) is 13.1 Å². The van der Waals surface area contributed by atoms with Crippen molar-refractivity contribution in [2.75, 3.05) is 0 Å². The fourth-order valence-corrected chi connectivity index (χ4v) is 0.147. The summed E-state index contributed by atoms with van der Waals surface area (Å²) in [4.78, 5) is 4.41. The molecule has 0 atom stereocenters. The minimum atomic E-state index is 0.128. The maximum Gasteiger partial charge on any atom is 0.257 e. The predicted octanol–water partition coefficient (Wildman–Crippen LogP) is 0.816. The Hall–Kier alpha value is -1.06. The summed E-state index contributed by atoms with van der Waals surface area (Å²) in [6.45, 7) is 3.19. The van der Waals surface area contributed by atoms with Crippen molar-refractivity contribution in [2.24, 2.45) is 10.3 Å². The second-order valence-electron chi connectivity index (χ2n) is 1.07. The lowest BCUT2D eigenvalue weighted by Gasteiger charge is -1.88. The van der Waals surface area contributed by atoms with E-state index in [0.29, 0.717) is 0 Å². The molecule has 0 saturated heterocycles. The molecule has 0 bridgehead atoms. The van der Waals surface area contributed by atoms with E-state index in [4.69, 9.17) is 5.21 Å². The quantitative estimate of drug-likeness (QED) is 0.238. The summed E-state index contributed by atoms with van der Waals surface area (Å²) in [5, 5.41) is 14.0. The number of hydrogen-bond acceptors (Lipinski definition) is 4. The Kier molecular flexibility index (Phi) is 3.56. The van der Waals surface area contributed by atoms with Gasteiger partial charge in [0.25, 0.3) is 5.90 Å². The minimum absolute atomic E-state index is 0.128. The van der Waals surface area contributed by atoms with Crippen LogP contribution < -0.4 is 0 Å². The average Bonchev–Trinajstić information content (AvgIpc) is 1.83. The van der Waals surface area contributed by atoms with Crippen LogP contribution in [0.25, 0.3) is 0 Å². The van der Waals surface area contributed by atoms with Crippen molar-refractivity contribution in [3.05, 3.63) is 0 Å². The molecule has 46 valence electrons. The fourth-order valence-electron chi connectivity index (χ4n) is 0.147. The molecule has 8 heavy (non-hydrogen) atoms. The number of nitrogens with zero attached hydrogens (tertiary/aromatic N) is 2. The molecule has 0 amide bonds. The third-order valence-electron chi connectivity index (χ3n) is 0.431. The van der Waals surface area contributed by atoms with Crippen LogP contribution in [0.3, 0.4) is 0 Å². The van der Waals surface area contributed by atoms with E-state index < -0.39 is 0 Å². The molecule has 0 radical (unpaired) electrons. The summed E-state index contributed by atoms with van der Waals surface area (Å²) in [6, 6.07) is 0. The van der Waals surface area contributed by atoms with Crippen LogP contribution in [0.4, 0.5) is 0 Å². The van der Waals surface area contributed by atoms with Crippen LogP contribution in [0.1, 0.15) is 13.8 Å². The summed E-state index contributed by atoms with van der Waals surface area (Å²) in [5.41, 5.74) is 0. The zero-order valence-electron chi connectivity index (χ0n) is 4.83. The van der Waals surface area contributed by atoms with Gasteiger partial charge in [0.15, 0.2) is 0 Å². The molecule has 0 aliphatic rings. The van der Waals surface area contributed by atoms with Crippen molar-refractivity contribution < 1.29 is 10.0 Å². The van der Waals surface area contributed by atoms with Crippen LogP contribution in [-0.4, -0.2) is 17.3 Å². The molecule has 0 rings (SSSR count). The van der Waals surface area contributed by atoms with E-state index in [0.717, 1.165) is 0 Å². The van der Waals surface area contributed by atoms with Crippen LogP contribution >= 0.6 is 0 Å². The van der Waals surface area contributed by atoms with E-state index in [2.05, 4.69) is 15.1 Å². The Bertz CT molecular complexity index is 109. The Labute approximate surface area is 47.4 Å². The predicted molar refractivity (Wildman–Crippen MR) is 30.1 cm³/mol. The van der Waals surface area contributed by atoms with Gasteiger partial charge in [-0.05, 0) is 6.92 Å². The molecule has 4 heteroatoms. The van der Waals surface area contributed by atoms with E-state index >= 15 is 0 Å². The highest BCUT2D eigenvalue weighted by atomic mass is 16.6. The topological polar surface area (TPSA) is 54.2 Å². The van der Waals surface area contributed by atoms with Gasteiger partial charge in [-0.1, -0.05) is 10.3 Å². The van der Waals surface area contributed by atoms with Crippen molar-refractivity contribution in [1.82, 2.24) is 0 Å². The third kappa shape index (κ3) is 3.14. The minimum Gasteiger partial charge on any atom is -0.408 e. The van der Waals surface area contributed by atoms with Crippen LogP contribution in [-0.2, 0) is 4.84 Å². The van der Waals surface area contributed by atoms with Crippen molar-refractivity contribution in [1.29, 1.82) is 0 Å². The first-order valence-electron chi connectivity index (χ1n) is 2.15. The van der Waals surface area contributed by atoms with Gasteiger partial charge in [-0.2, -0.15) is 0 Å². The highest BCUT2D eigenvalue weighted by Gasteiger charge is 1.83. The summed E-state index contributed by atoms with van der Waals surface area (Å²) >= 11 is 0. The van der Waals surface area contributed by atoms with E-state index in [1.54, 1.807) is 6.92 Å². The van der Waals surface area contributed by atoms with Crippen LogP contribution in [0.2, 0.25) is 0 Å². The van der Waals surface area contributed by atoms with Crippen molar-refractivity contribution in [2.45, 2.75) is 13.8 Å². The molecule has 0 aromatic carbocycles. The zero-order valence-corrected chi connectivity index (χ0v) is 4.83. The molecule has 0 fully saturated rings. The van der Waals surface area contributed by atoms with Crippen molar-refractivity contribution in [3.63, 3.8) is 0 Å². The van der Waals surface area contributed by atoms with Crippen LogP contribution in [0, 0.1) is 0 Å². The summed E-state index contributed by atoms with van der Waals surface area (Å²) < 4.78 is 0. The maximum atomic E-state index is 7.95. The molecule has 0 heterocycles. The SMILES string of the molecule is CC=NOC(C)=NO. The second-order valence-corrected chi connectivity index (χ2v) is 1.07. The molecule has 0 aromatic heterocycles. The molecular weight excluding hydrogens is 108 g/mol. The summed E-state index contributed by atoms with van der Waals surface area (Å²) in [7, 11) is 0. The highest BCUT2D eigenvalue weighted by Crippen LogP contribution is 1.77. The standard InChI is InChI=1S/C4H8N2O2/c1-3-5-8-4(2)6-7/h3,7H,1-2H3. The number of oxime groups is 2. The van der Waals surface area contributed by atoms with Crippen LogP contribution in [0.15, 0.2) is 10.3 Å². The number of hydrogen-bond donors (Lipinski definition) is 1. The monoisotopic (exact) mass is 116 g/mol. The summed E-state index contributed by atoms with van der Waals surface area (Å²) in [6.07, 6.45) is 1.45. The molecular formula is C4H8N2O2. The van der Waals surface area contributed by atoms with Crippen molar-refractivity contribution >= 4 is 12.1 Å². The van der Waals surface area contributed by atoms with E-state index in [9.17, 15) is 0 Å². The Morgan fingerprint density at radius 3 is 2.75 bits per heavy atom. The largest absolute Gasteiger partial charge is 0.408 e. The highest BCUT2D eigenvalue weighted by molar-refractivity contribution is 5.72. The molecule has 0 aromatic rings. The first-order valence-corrected chi connectivity index (χ1v) is 2.15. The van der Waals surface area contributed by atoms with E-state index in [-0.39, 0.29) is 5.90 Å². The van der Waals surface area contributed by atoms with Crippen LogP contribution in [0.5, 0.6) is 0 Å². The average molecular weight is 116 g/mol. The Morgan fingerprint density at radius 1 is 1.75 bits per heavy atom.